The molecule has 1 aliphatic carbocycles. The Morgan fingerprint density at radius 3 is 2.71 bits per heavy atom. The van der Waals surface area contributed by atoms with Gasteiger partial charge >= 0.3 is 5.97 Å². The van der Waals surface area contributed by atoms with Crippen LogP contribution in [0.4, 0.5) is 0 Å². The lowest BCUT2D eigenvalue weighted by Gasteiger charge is -2.33. The molecule has 0 aliphatic heterocycles. The van der Waals surface area contributed by atoms with E-state index in [2.05, 4.69) is 20.6 Å². The highest BCUT2D eigenvalue weighted by Crippen LogP contribution is 2.29. The average Bonchev–Trinajstić information content (AvgIpc) is 3.09. The molecule has 1 fully saturated rings. The van der Waals surface area contributed by atoms with Crippen molar-refractivity contribution in [3.8, 4) is 5.69 Å². The van der Waals surface area contributed by atoms with E-state index in [4.69, 9.17) is 0 Å². The van der Waals surface area contributed by atoms with Crippen molar-refractivity contribution in [2.45, 2.75) is 44.6 Å². The molecule has 8 heteroatoms. The zero-order chi connectivity index (χ0) is 19.7. The number of carbonyl (C=O) groups is 2. The zero-order valence-corrected chi connectivity index (χ0v) is 15.6. The molecule has 2 aromatic heterocycles. The largest absolute Gasteiger partial charge is 0.480 e. The van der Waals surface area contributed by atoms with Crippen molar-refractivity contribution in [1.82, 2.24) is 25.3 Å². The monoisotopic (exact) mass is 379 g/mol. The molecule has 0 atom stereocenters. The summed E-state index contributed by atoms with van der Waals surface area (Å²) in [6.45, 7) is 1.75. The standard InChI is InChI=1S/C20H21N5O3/c1-13-17(18(26)22-20(19(27)28)9-3-2-4-10-20)23-24-25(13)15-7-8-16-14(12-15)6-5-11-21-16/h5-8,11-12H,2-4,9-10H2,1H3,(H,22,26)(H,27,28). The molecule has 0 spiro atoms. The summed E-state index contributed by atoms with van der Waals surface area (Å²) in [4.78, 5) is 28.9. The van der Waals surface area contributed by atoms with E-state index < -0.39 is 17.4 Å². The maximum atomic E-state index is 12.8. The van der Waals surface area contributed by atoms with Crippen LogP contribution < -0.4 is 5.32 Å². The highest BCUT2D eigenvalue weighted by Gasteiger charge is 2.41. The number of benzene rings is 1. The minimum atomic E-state index is -1.22. The van der Waals surface area contributed by atoms with Crippen LogP contribution in [0.15, 0.2) is 36.5 Å². The zero-order valence-electron chi connectivity index (χ0n) is 15.6. The molecule has 8 nitrogen and oxygen atoms in total. The Kier molecular flexibility index (Phi) is 4.54. The normalized spacial score (nSPS) is 16.0. The highest BCUT2D eigenvalue weighted by atomic mass is 16.4. The number of carbonyl (C=O) groups excluding carboxylic acids is 1. The van der Waals surface area contributed by atoms with Crippen molar-refractivity contribution >= 4 is 22.8 Å². The fraction of sp³-hybridized carbons (Fsp3) is 0.350. The molecular weight excluding hydrogens is 358 g/mol. The molecule has 1 aliphatic rings. The van der Waals surface area contributed by atoms with Gasteiger partial charge in [0.25, 0.3) is 5.91 Å². The molecule has 0 saturated heterocycles. The second-order valence-corrected chi connectivity index (χ2v) is 7.22. The molecule has 1 amide bonds. The van der Waals surface area contributed by atoms with E-state index in [1.807, 2.05) is 30.3 Å². The number of carboxylic acid groups (broad SMARTS) is 1. The number of aromatic nitrogens is 4. The second kappa shape index (κ2) is 7.03. The number of fused-ring (bicyclic) bond motifs is 1. The molecule has 28 heavy (non-hydrogen) atoms. The van der Waals surface area contributed by atoms with Crippen LogP contribution in [0.5, 0.6) is 0 Å². The number of hydrogen-bond acceptors (Lipinski definition) is 5. The number of hydrogen-bond donors (Lipinski definition) is 2. The quantitative estimate of drug-likeness (QED) is 0.721. The Morgan fingerprint density at radius 2 is 1.96 bits per heavy atom. The van der Waals surface area contributed by atoms with Crippen LogP contribution in [-0.2, 0) is 4.79 Å². The van der Waals surface area contributed by atoms with E-state index >= 15 is 0 Å². The maximum Gasteiger partial charge on any atom is 0.329 e. The average molecular weight is 379 g/mol. The van der Waals surface area contributed by atoms with E-state index in [1.165, 1.54) is 0 Å². The van der Waals surface area contributed by atoms with Crippen molar-refractivity contribution in [3.63, 3.8) is 0 Å². The van der Waals surface area contributed by atoms with Crippen LogP contribution in [0.25, 0.3) is 16.6 Å². The van der Waals surface area contributed by atoms with Crippen LogP contribution in [0, 0.1) is 6.92 Å². The Hall–Kier alpha value is -3.29. The number of carboxylic acids is 1. The van der Waals surface area contributed by atoms with Crippen molar-refractivity contribution in [3.05, 3.63) is 47.9 Å². The smallest absolute Gasteiger partial charge is 0.329 e. The summed E-state index contributed by atoms with van der Waals surface area (Å²) < 4.78 is 1.58. The highest BCUT2D eigenvalue weighted by molar-refractivity contribution is 5.97. The molecule has 144 valence electrons. The number of pyridine rings is 1. The summed E-state index contributed by atoms with van der Waals surface area (Å²) in [6.07, 6.45) is 5.14. The molecule has 2 heterocycles. The van der Waals surface area contributed by atoms with E-state index in [1.54, 1.807) is 17.8 Å². The first-order valence-electron chi connectivity index (χ1n) is 9.33. The molecule has 2 N–H and O–H groups in total. The third kappa shape index (κ3) is 3.11. The van der Waals surface area contributed by atoms with Gasteiger partial charge in [0.15, 0.2) is 5.69 Å². The molecule has 1 saturated carbocycles. The van der Waals surface area contributed by atoms with Crippen LogP contribution in [0.1, 0.15) is 48.3 Å². The van der Waals surface area contributed by atoms with Crippen LogP contribution >= 0.6 is 0 Å². The molecule has 1 aromatic carbocycles. The predicted molar refractivity (Wildman–Crippen MR) is 102 cm³/mol. The lowest BCUT2D eigenvalue weighted by atomic mass is 9.81. The van der Waals surface area contributed by atoms with Crippen molar-refractivity contribution in [1.29, 1.82) is 0 Å². The molecule has 3 aromatic rings. The molecule has 0 radical (unpaired) electrons. The fourth-order valence-electron chi connectivity index (χ4n) is 3.80. The van der Waals surface area contributed by atoms with Gasteiger partial charge in [-0.25, -0.2) is 9.48 Å². The molecule has 4 rings (SSSR count). The summed E-state index contributed by atoms with van der Waals surface area (Å²) in [7, 11) is 0. The molecule has 0 unspecified atom stereocenters. The van der Waals surface area contributed by atoms with Crippen molar-refractivity contribution in [2.24, 2.45) is 0 Å². The van der Waals surface area contributed by atoms with Gasteiger partial charge in [0.2, 0.25) is 0 Å². The van der Waals surface area contributed by atoms with Crippen LogP contribution in [-0.4, -0.2) is 42.5 Å². The topological polar surface area (TPSA) is 110 Å². The van der Waals surface area contributed by atoms with E-state index in [0.29, 0.717) is 18.5 Å². The second-order valence-electron chi connectivity index (χ2n) is 7.22. The summed E-state index contributed by atoms with van der Waals surface area (Å²) >= 11 is 0. The lowest BCUT2D eigenvalue weighted by molar-refractivity contribution is -0.145. The van der Waals surface area contributed by atoms with E-state index in [-0.39, 0.29) is 5.69 Å². The minimum Gasteiger partial charge on any atom is -0.480 e. The Labute approximate surface area is 161 Å². The SMILES string of the molecule is Cc1c(C(=O)NC2(C(=O)O)CCCCC2)nnn1-c1ccc2ncccc2c1. The lowest BCUT2D eigenvalue weighted by Crippen LogP contribution is -2.55. The number of nitrogens with zero attached hydrogens (tertiary/aromatic N) is 4. The van der Waals surface area contributed by atoms with Gasteiger partial charge in [0.1, 0.15) is 5.54 Å². The van der Waals surface area contributed by atoms with Gasteiger partial charge in [-0.05, 0) is 44.0 Å². The Balaban J connectivity index is 1.63. The number of nitrogens with one attached hydrogen (secondary N) is 1. The number of aliphatic carboxylic acids is 1. The van der Waals surface area contributed by atoms with Crippen molar-refractivity contribution < 1.29 is 14.7 Å². The van der Waals surface area contributed by atoms with Gasteiger partial charge in [0, 0.05) is 11.6 Å². The minimum absolute atomic E-state index is 0.137. The molecular formula is C20H21N5O3. The first-order chi connectivity index (χ1) is 13.5. The van der Waals surface area contributed by atoms with E-state index in [9.17, 15) is 14.7 Å². The number of rotatable bonds is 4. The fourth-order valence-corrected chi connectivity index (χ4v) is 3.80. The first-order valence-corrected chi connectivity index (χ1v) is 9.33. The summed E-state index contributed by atoms with van der Waals surface area (Å²) in [5, 5.41) is 21.5. The van der Waals surface area contributed by atoms with Gasteiger partial charge in [0.05, 0.1) is 16.9 Å². The van der Waals surface area contributed by atoms with Crippen LogP contribution in [0.2, 0.25) is 0 Å². The number of amides is 1. The predicted octanol–water partition coefficient (Wildman–Crippen LogP) is 2.64. The maximum absolute atomic E-state index is 12.8. The molecule has 0 bridgehead atoms. The first kappa shape index (κ1) is 18.1. The van der Waals surface area contributed by atoms with Gasteiger partial charge in [-0.15, -0.1) is 5.10 Å². The van der Waals surface area contributed by atoms with Gasteiger partial charge in [-0.2, -0.15) is 0 Å². The Bertz CT molecular complexity index is 1050. The summed E-state index contributed by atoms with van der Waals surface area (Å²) in [5.41, 5.74) is 1.09. The summed E-state index contributed by atoms with van der Waals surface area (Å²) in [6, 6.07) is 9.47. The Morgan fingerprint density at radius 1 is 1.18 bits per heavy atom. The van der Waals surface area contributed by atoms with Gasteiger partial charge in [-0.3, -0.25) is 9.78 Å². The van der Waals surface area contributed by atoms with Gasteiger partial charge in [-0.1, -0.05) is 30.5 Å². The van der Waals surface area contributed by atoms with E-state index in [0.717, 1.165) is 35.9 Å². The summed E-state index contributed by atoms with van der Waals surface area (Å²) in [5.74, 6) is -1.50. The van der Waals surface area contributed by atoms with Crippen molar-refractivity contribution in [2.75, 3.05) is 0 Å². The van der Waals surface area contributed by atoms with Crippen LogP contribution in [0.3, 0.4) is 0 Å². The third-order valence-electron chi connectivity index (χ3n) is 5.41. The third-order valence-corrected chi connectivity index (χ3v) is 5.41. The van der Waals surface area contributed by atoms with Gasteiger partial charge < -0.3 is 10.4 Å².